The van der Waals surface area contributed by atoms with Crippen molar-refractivity contribution in [3.63, 3.8) is 0 Å². The molecule has 0 fully saturated rings. The van der Waals surface area contributed by atoms with Crippen LogP contribution in [0.4, 0.5) is 4.79 Å². The summed E-state index contributed by atoms with van der Waals surface area (Å²) in [6, 6.07) is 7.31. The molecule has 0 radical (unpaired) electrons. The van der Waals surface area contributed by atoms with Crippen molar-refractivity contribution in [2.24, 2.45) is 0 Å². The molecule has 0 bridgehead atoms. The second-order valence-corrected chi connectivity index (χ2v) is 4.38. The number of fused-ring (bicyclic) bond motifs is 1. The molecule has 5 nitrogen and oxygen atoms in total. The molecule has 2 rings (SSSR count). The molecule has 0 N–H and O–H groups in total. The molecule has 1 aromatic carbocycles. The van der Waals surface area contributed by atoms with Gasteiger partial charge in [0.2, 0.25) is 0 Å². The highest BCUT2D eigenvalue weighted by Crippen LogP contribution is 2.16. The lowest BCUT2D eigenvalue weighted by molar-refractivity contribution is 0.0412. The van der Waals surface area contributed by atoms with Gasteiger partial charge in [-0.1, -0.05) is 36.1 Å². The molecular weight excluding hydrogens is 254 g/mol. The Bertz CT molecular complexity index is 628. The van der Waals surface area contributed by atoms with Crippen LogP contribution in [0.5, 0.6) is 0 Å². The highest BCUT2D eigenvalue weighted by atomic mass is 32.1. The maximum atomic E-state index is 11.7. The van der Waals surface area contributed by atoms with Gasteiger partial charge in [-0.25, -0.2) is 4.79 Å². The van der Waals surface area contributed by atoms with Gasteiger partial charge in [0.15, 0.2) is 6.73 Å². The number of carbonyl (C=O) groups is 1. The monoisotopic (exact) mass is 265 g/mol. The molecule has 0 unspecified atom stereocenters. The number of hydrogen-bond donors (Lipinski definition) is 0. The highest BCUT2D eigenvalue weighted by Gasteiger charge is 2.09. The van der Waals surface area contributed by atoms with E-state index in [1.807, 2.05) is 18.2 Å². The third-order valence-electron chi connectivity index (χ3n) is 2.20. The van der Waals surface area contributed by atoms with Crippen LogP contribution < -0.4 is 4.87 Å². The lowest BCUT2D eigenvalue weighted by Gasteiger charge is -2.05. The van der Waals surface area contributed by atoms with Crippen LogP contribution in [-0.2, 0) is 16.2 Å². The molecule has 0 spiro atoms. The van der Waals surface area contributed by atoms with Crippen LogP contribution in [0.15, 0.2) is 41.7 Å². The normalized spacial score (nSPS) is 10.2. The van der Waals surface area contributed by atoms with Gasteiger partial charge < -0.3 is 9.47 Å². The second kappa shape index (κ2) is 5.50. The van der Waals surface area contributed by atoms with Crippen molar-refractivity contribution in [2.45, 2.75) is 6.73 Å². The largest absolute Gasteiger partial charge is 0.510 e. The number of nitrogens with zero attached hydrogens (tertiary/aromatic N) is 1. The van der Waals surface area contributed by atoms with Gasteiger partial charge in [0.1, 0.15) is 6.61 Å². The van der Waals surface area contributed by atoms with Crippen LogP contribution in [0.25, 0.3) is 10.2 Å². The van der Waals surface area contributed by atoms with E-state index in [1.165, 1.54) is 10.6 Å². The van der Waals surface area contributed by atoms with E-state index in [4.69, 9.17) is 4.74 Å². The summed E-state index contributed by atoms with van der Waals surface area (Å²) in [6.45, 7) is 3.34. The fraction of sp³-hybridized carbons (Fsp3) is 0.167. The van der Waals surface area contributed by atoms with Gasteiger partial charge in [-0.3, -0.25) is 9.36 Å². The highest BCUT2D eigenvalue weighted by molar-refractivity contribution is 7.16. The quantitative estimate of drug-likeness (QED) is 0.629. The van der Waals surface area contributed by atoms with E-state index in [1.54, 1.807) is 6.07 Å². The van der Waals surface area contributed by atoms with Gasteiger partial charge in [-0.2, -0.15) is 0 Å². The molecule has 0 aliphatic rings. The molecule has 2 aromatic rings. The fourth-order valence-corrected chi connectivity index (χ4v) is 2.30. The predicted molar refractivity (Wildman–Crippen MR) is 68.7 cm³/mol. The van der Waals surface area contributed by atoms with Gasteiger partial charge in [-0.05, 0) is 12.1 Å². The summed E-state index contributed by atoms with van der Waals surface area (Å²) in [6.07, 6.45) is 0.616. The van der Waals surface area contributed by atoms with Crippen molar-refractivity contribution in [1.82, 2.24) is 4.57 Å². The van der Waals surface area contributed by atoms with E-state index < -0.39 is 6.16 Å². The average molecular weight is 265 g/mol. The van der Waals surface area contributed by atoms with Gasteiger partial charge in [-0.15, -0.1) is 0 Å². The van der Waals surface area contributed by atoms with Crippen LogP contribution in [0.2, 0.25) is 0 Å². The fourth-order valence-electron chi connectivity index (χ4n) is 1.42. The zero-order valence-corrected chi connectivity index (χ0v) is 10.3. The Morgan fingerprint density at radius 2 is 2.17 bits per heavy atom. The zero-order valence-electron chi connectivity index (χ0n) is 9.50. The predicted octanol–water partition coefficient (Wildman–Crippen LogP) is 2.36. The molecule has 0 aliphatic carbocycles. The molecule has 18 heavy (non-hydrogen) atoms. The van der Waals surface area contributed by atoms with E-state index in [0.717, 1.165) is 21.6 Å². The number of benzene rings is 1. The van der Waals surface area contributed by atoms with Crippen LogP contribution in [0.3, 0.4) is 0 Å². The average Bonchev–Trinajstić information content (AvgIpc) is 2.69. The summed E-state index contributed by atoms with van der Waals surface area (Å²) >= 11 is 1.11. The Morgan fingerprint density at radius 3 is 2.94 bits per heavy atom. The van der Waals surface area contributed by atoms with Gasteiger partial charge in [0, 0.05) is 0 Å². The lowest BCUT2D eigenvalue weighted by atomic mass is 10.3. The molecule has 0 saturated heterocycles. The zero-order chi connectivity index (χ0) is 13.0. The van der Waals surface area contributed by atoms with Gasteiger partial charge in [0.05, 0.1) is 10.2 Å². The van der Waals surface area contributed by atoms with Crippen LogP contribution in [0.1, 0.15) is 0 Å². The molecule has 6 heteroatoms. The van der Waals surface area contributed by atoms with E-state index >= 15 is 0 Å². The van der Waals surface area contributed by atoms with E-state index in [9.17, 15) is 9.59 Å². The van der Waals surface area contributed by atoms with Gasteiger partial charge in [0.25, 0.3) is 0 Å². The SMILES string of the molecule is C=CCOC(=O)OCn1c(=O)sc2ccccc21. The first-order chi connectivity index (χ1) is 8.72. The summed E-state index contributed by atoms with van der Waals surface area (Å²) in [5.74, 6) is 0. The molecule has 1 heterocycles. The molecular formula is C12H11NO4S. The summed E-state index contributed by atoms with van der Waals surface area (Å²) in [5.41, 5.74) is 0.740. The van der Waals surface area contributed by atoms with Crippen molar-refractivity contribution in [2.75, 3.05) is 6.61 Å². The van der Waals surface area contributed by atoms with Crippen LogP contribution >= 0.6 is 11.3 Å². The lowest BCUT2D eigenvalue weighted by Crippen LogP contribution is -2.18. The minimum absolute atomic E-state index is 0.0815. The van der Waals surface area contributed by atoms with Crippen molar-refractivity contribution < 1.29 is 14.3 Å². The maximum Gasteiger partial charge on any atom is 0.510 e. The minimum atomic E-state index is -0.822. The molecule has 94 valence electrons. The number of aromatic nitrogens is 1. The topological polar surface area (TPSA) is 57.5 Å². The van der Waals surface area contributed by atoms with Crippen LogP contribution in [-0.4, -0.2) is 17.3 Å². The molecule has 0 saturated carbocycles. The Hall–Kier alpha value is -2.08. The molecule has 0 atom stereocenters. The van der Waals surface area contributed by atoms with E-state index in [0.29, 0.717) is 0 Å². The Labute approximate surface area is 107 Å². The standard InChI is InChI=1S/C12H11NO4S/c1-2-7-16-12(15)17-8-13-9-5-3-4-6-10(9)18-11(13)14/h2-6H,1,7-8H2. The summed E-state index contributed by atoms with van der Waals surface area (Å²) in [7, 11) is 0. The minimum Gasteiger partial charge on any atom is -0.430 e. The first kappa shape index (κ1) is 12.4. The number of rotatable bonds is 4. The molecule has 0 aliphatic heterocycles. The third kappa shape index (κ3) is 2.60. The Kier molecular flexibility index (Phi) is 3.78. The second-order valence-electron chi connectivity index (χ2n) is 3.39. The third-order valence-corrected chi connectivity index (χ3v) is 3.16. The summed E-state index contributed by atoms with van der Waals surface area (Å²) in [5, 5.41) is 0. The van der Waals surface area contributed by atoms with Gasteiger partial charge >= 0.3 is 11.0 Å². The smallest absolute Gasteiger partial charge is 0.430 e. The maximum absolute atomic E-state index is 11.7. The van der Waals surface area contributed by atoms with Crippen molar-refractivity contribution >= 4 is 27.7 Å². The number of hydrogen-bond acceptors (Lipinski definition) is 5. The van der Waals surface area contributed by atoms with E-state index in [2.05, 4.69) is 11.3 Å². The summed E-state index contributed by atoms with van der Waals surface area (Å²) in [4.78, 5) is 22.7. The number of para-hydroxylation sites is 1. The number of carbonyl (C=O) groups excluding carboxylic acids is 1. The van der Waals surface area contributed by atoms with Crippen LogP contribution in [0, 0.1) is 0 Å². The molecule has 0 amide bonds. The Morgan fingerprint density at radius 1 is 1.39 bits per heavy atom. The first-order valence-corrected chi connectivity index (χ1v) is 6.03. The van der Waals surface area contributed by atoms with Crippen molar-refractivity contribution in [3.05, 3.63) is 46.6 Å². The molecule has 1 aromatic heterocycles. The van der Waals surface area contributed by atoms with E-state index in [-0.39, 0.29) is 18.2 Å². The van der Waals surface area contributed by atoms with Crippen molar-refractivity contribution in [3.8, 4) is 0 Å². The Balaban J connectivity index is 2.12. The number of ether oxygens (including phenoxy) is 2. The van der Waals surface area contributed by atoms with Crippen molar-refractivity contribution in [1.29, 1.82) is 0 Å². The first-order valence-electron chi connectivity index (χ1n) is 5.21. The number of thiazole rings is 1. The summed E-state index contributed by atoms with van der Waals surface area (Å²) < 4.78 is 11.7.